The minimum Gasteiger partial charge on any atom is -0.348 e. The molecule has 0 aliphatic heterocycles. The molecule has 0 unspecified atom stereocenters. The van der Waals surface area contributed by atoms with Crippen LogP contribution >= 0.6 is 11.6 Å². The average Bonchev–Trinajstić information content (AvgIpc) is 2.79. The van der Waals surface area contributed by atoms with Crippen molar-refractivity contribution < 1.29 is 4.79 Å². The first-order chi connectivity index (χ1) is 15.4. The number of carbonyl (C=O) groups is 1. The second-order valence-corrected chi connectivity index (χ2v) is 8.07. The molecule has 1 atom stereocenters. The van der Waals surface area contributed by atoms with Gasteiger partial charge in [-0.05, 0) is 49.2 Å². The molecule has 0 radical (unpaired) electrons. The fourth-order valence-electron chi connectivity index (χ4n) is 3.68. The summed E-state index contributed by atoms with van der Waals surface area (Å²) in [4.78, 5) is 39.4. The van der Waals surface area contributed by atoms with Crippen molar-refractivity contribution in [3.8, 4) is 5.69 Å². The van der Waals surface area contributed by atoms with Crippen LogP contribution in [-0.2, 0) is 11.3 Å². The van der Waals surface area contributed by atoms with Crippen molar-refractivity contribution in [1.82, 2.24) is 14.5 Å². The van der Waals surface area contributed by atoms with Gasteiger partial charge in [-0.1, -0.05) is 60.1 Å². The molecule has 1 heterocycles. The summed E-state index contributed by atoms with van der Waals surface area (Å²) in [5.41, 5.74) is 1.49. The Bertz CT molecular complexity index is 1420. The van der Waals surface area contributed by atoms with Gasteiger partial charge in [-0.15, -0.1) is 0 Å². The molecular formula is C25H22ClN3O3. The van der Waals surface area contributed by atoms with E-state index in [2.05, 4.69) is 5.32 Å². The number of halogens is 1. The fourth-order valence-corrected chi connectivity index (χ4v) is 3.85. The van der Waals surface area contributed by atoms with Gasteiger partial charge in [-0.2, -0.15) is 0 Å². The van der Waals surface area contributed by atoms with Crippen LogP contribution in [0.2, 0.25) is 5.02 Å². The Hall–Kier alpha value is -3.64. The Morgan fingerprint density at radius 1 is 1.00 bits per heavy atom. The molecule has 0 fully saturated rings. The highest BCUT2D eigenvalue weighted by atomic mass is 35.5. The standard InChI is InChI=1S/C25H22ClN3O3/c1-16-12-13-19(14-21(16)26)29-24(31)20-10-6-7-11-22(20)28(25(29)32)15-23(30)27-17(2)18-8-4-3-5-9-18/h3-14,17H,15H2,1-2H3,(H,27,30)/t17-/m1/s1. The van der Waals surface area contributed by atoms with Gasteiger partial charge in [0, 0.05) is 5.02 Å². The fraction of sp³-hybridized carbons (Fsp3) is 0.160. The van der Waals surface area contributed by atoms with Crippen molar-refractivity contribution in [2.24, 2.45) is 0 Å². The predicted molar refractivity (Wildman–Crippen MR) is 127 cm³/mol. The lowest BCUT2D eigenvalue weighted by atomic mass is 10.1. The number of nitrogens with zero attached hydrogens (tertiary/aromatic N) is 2. The molecule has 162 valence electrons. The Kier molecular flexibility index (Phi) is 5.97. The van der Waals surface area contributed by atoms with Crippen molar-refractivity contribution in [3.05, 3.63) is 110 Å². The molecular weight excluding hydrogens is 426 g/mol. The first-order valence-corrected chi connectivity index (χ1v) is 10.6. The maximum absolute atomic E-state index is 13.4. The minimum absolute atomic E-state index is 0.226. The lowest BCUT2D eigenvalue weighted by molar-refractivity contribution is -0.122. The Balaban J connectivity index is 1.79. The summed E-state index contributed by atoms with van der Waals surface area (Å²) in [6.07, 6.45) is 0. The molecule has 0 saturated heterocycles. The SMILES string of the molecule is Cc1ccc(-n2c(=O)c3ccccc3n(CC(=O)N[C@H](C)c3ccccc3)c2=O)cc1Cl. The summed E-state index contributed by atoms with van der Waals surface area (Å²) < 4.78 is 2.37. The Morgan fingerprint density at radius 3 is 2.41 bits per heavy atom. The normalized spacial score (nSPS) is 12.0. The molecule has 0 bridgehead atoms. The number of aryl methyl sites for hydroxylation is 1. The van der Waals surface area contributed by atoms with E-state index in [9.17, 15) is 14.4 Å². The van der Waals surface area contributed by atoms with Crippen LogP contribution in [-0.4, -0.2) is 15.0 Å². The molecule has 0 aliphatic rings. The van der Waals surface area contributed by atoms with Crippen LogP contribution in [0.3, 0.4) is 0 Å². The van der Waals surface area contributed by atoms with Gasteiger partial charge in [-0.3, -0.25) is 14.2 Å². The van der Waals surface area contributed by atoms with E-state index in [1.165, 1.54) is 4.57 Å². The van der Waals surface area contributed by atoms with E-state index in [1.54, 1.807) is 42.5 Å². The summed E-state index contributed by atoms with van der Waals surface area (Å²) in [5, 5.41) is 3.71. The number of amides is 1. The maximum Gasteiger partial charge on any atom is 0.336 e. The molecule has 6 nitrogen and oxygen atoms in total. The van der Waals surface area contributed by atoms with Crippen molar-refractivity contribution >= 4 is 28.4 Å². The van der Waals surface area contributed by atoms with Crippen molar-refractivity contribution in [2.45, 2.75) is 26.4 Å². The number of aromatic nitrogens is 2. The third-order valence-corrected chi connectivity index (χ3v) is 5.85. The van der Waals surface area contributed by atoms with Crippen LogP contribution in [0, 0.1) is 6.92 Å². The molecule has 7 heteroatoms. The smallest absolute Gasteiger partial charge is 0.336 e. The van der Waals surface area contributed by atoms with Gasteiger partial charge in [0.2, 0.25) is 5.91 Å². The predicted octanol–water partition coefficient (Wildman–Crippen LogP) is 3.99. The zero-order valence-corrected chi connectivity index (χ0v) is 18.5. The number of rotatable bonds is 5. The molecule has 4 rings (SSSR count). The summed E-state index contributed by atoms with van der Waals surface area (Å²) in [5.74, 6) is -0.333. The van der Waals surface area contributed by atoms with Gasteiger partial charge in [-0.25, -0.2) is 9.36 Å². The highest BCUT2D eigenvalue weighted by Crippen LogP contribution is 2.19. The van der Waals surface area contributed by atoms with E-state index in [1.807, 2.05) is 44.2 Å². The van der Waals surface area contributed by atoms with Crippen LogP contribution in [0.25, 0.3) is 16.6 Å². The first kappa shape index (κ1) is 21.6. The van der Waals surface area contributed by atoms with E-state index in [4.69, 9.17) is 11.6 Å². The number of carbonyl (C=O) groups excluding carboxylic acids is 1. The minimum atomic E-state index is -0.601. The molecule has 0 spiro atoms. The van der Waals surface area contributed by atoms with E-state index in [-0.39, 0.29) is 18.5 Å². The Morgan fingerprint density at radius 2 is 1.69 bits per heavy atom. The van der Waals surface area contributed by atoms with Crippen molar-refractivity contribution in [3.63, 3.8) is 0 Å². The summed E-state index contributed by atoms with van der Waals surface area (Å²) in [7, 11) is 0. The molecule has 1 aromatic heterocycles. The average molecular weight is 448 g/mol. The maximum atomic E-state index is 13.4. The van der Waals surface area contributed by atoms with Gasteiger partial charge < -0.3 is 5.32 Å². The van der Waals surface area contributed by atoms with Gasteiger partial charge in [0.1, 0.15) is 6.54 Å². The van der Waals surface area contributed by atoms with Gasteiger partial charge in [0.15, 0.2) is 0 Å². The molecule has 0 saturated carbocycles. The van der Waals surface area contributed by atoms with Crippen molar-refractivity contribution in [1.29, 1.82) is 0 Å². The van der Waals surface area contributed by atoms with E-state index in [0.29, 0.717) is 21.6 Å². The van der Waals surface area contributed by atoms with Crippen LogP contribution in [0.4, 0.5) is 0 Å². The summed E-state index contributed by atoms with van der Waals surface area (Å²) >= 11 is 6.24. The summed E-state index contributed by atoms with van der Waals surface area (Å²) in [6, 6.07) is 21.1. The van der Waals surface area contributed by atoms with E-state index < -0.39 is 11.2 Å². The van der Waals surface area contributed by atoms with Crippen LogP contribution < -0.4 is 16.6 Å². The van der Waals surface area contributed by atoms with Crippen molar-refractivity contribution in [2.75, 3.05) is 0 Å². The first-order valence-electron chi connectivity index (χ1n) is 10.2. The molecule has 1 amide bonds. The molecule has 0 aliphatic carbocycles. The molecule has 1 N–H and O–H groups in total. The lowest BCUT2D eigenvalue weighted by Crippen LogP contribution is -2.42. The zero-order chi connectivity index (χ0) is 22.8. The number of para-hydroxylation sites is 1. The zero-order valence-electron chi connectivity index (χ0n) is 17.7. The third-order valence-electron chi connectivity index (χ3n) is 5.44. The number of hydrogen-bond acceptors (Lipinski definition) is 3. The monoisotopic (exact) mass is 447 g/mol. The van der Waals surface area contributed by atoms with Crippen LogP contribution in [0.5, 0.6) is 0 Å². The second kappa shape index (κ2) is 8.85. The van der Waals surface area contributed by atoms with Crippen LogP contribution in [0.1, 0.15) is 24.1 Å². The third kappa shape index (κ3) is 4.09. The lowest BCUT2D eigenvalue weighted by Gasteiger charge is -2.17. The number of benzene rings is 3. The second-order valence-electron chi connectivity index (χ2n) is 7.66. The van der Waals surface area contributed by atoms with Crippen LogP contribution in [0.15, 0.2) is 82.4 Å². The van der Waals surface area contributed by atoms with Gasteiger partial charge >= 0.3 is 5.69 Å². The molecule has 32 heavy (non-hydrogen) atoms. The highest BCUT2D eigenvalue weighted by Gasteiger charge is 2.18. The van der Waals surface area contributed by atoms with E-state index >= 15 is 0 Å². The molecule has 4 aromatic rings. The molecule has 3 aromatic carbocycles. The van der Waals surface area contributed by atoms with E-state index in [0.717, 1.165) is 15.7 Å². The van der Waals surface area contributed by atoms with Gasteiger partial charge in [0.25, 0.3) is 5.56 Å². The highest BCUT2D eigenvalue weighted by molar-refractivity contribution is 6.31. The number of fused-ring (bicyclic) bond motifs is 1. The summed E-state index contributed by atoms with van der Waals surface area (Å²) in [6.45, 7) is 3.49. The topological polar surface area (TPSA) is 73.1 Å². The number of nitrogens with one attached hydrogen (secondary N) is 1. The largest absolute Gasteiger partial charge is 0.348 e. The van der Waals surface area contributed by atoms with Gasteiger partial charge in [0.05, 0.1) is 22.6 Å². The quantitative estimate of drug-likeness (QED) is 0.502. The Labute approximate surface area is 189 Å². The number of hydrogen-bond donors (Lipinski definition) is 1.